The van der Waals surface area contributed by atoms with Crippen LogP contribution in [0.25, 0.3) is 0 Å². The zero-order chi connectivity index (χ0) is 17.3. The molecule has 24 heavy (non-hydrogen) atoms. The Balaban J connectivity index is 1.73. The first-order valence-corrected chi connectivity index (χ1v) is 7.98. The first-order valence-electron chi connectivity index (χ1n) is 7.23. The maximum absolute atomic E-state index is 12.0. The predicted molar refractivity (Wildman–Crippen MR) is 91.4 cm³/mol. The molecule has 1 unspecified atom stereocenters. The molecule has 1 fully saturated rings. The Morgan fingerprint density at radius 1 is 1.46 bits per heavy atom. The average Bonchev–Trinajstić information content (AvgIpc) is 3.19. The van der Waals surface area contributed by atoms with Gasteiger partial charge in [0.05, 0.1) is 5.92 Å². The number of benzene rings is 1. The SMILES string of the molecule is Cc1cc(Oc2ncccc2C#N)ccc1NC(=O)C1CC1(Cl)Cl. The molecule has 0 aliphatic heterocycles. The molecule has 1 aliphatic carbocycles. The number of nitrogens with zero attached hydrogens (tertiary/aromatic N) is 2. The highest BCUT2D eigenvalue weighted by molar-refractivity contribution is 6.52. The van der Waals surface area contributed by atoms with E-state index in [0.717, 1.165) is 5.56 Å². The number of hydrogen-bond donors (Lipinski definition) is 1. The third-order valence-electron chi connectivity index (χ3n) is 3.70. The summed E-state index contributed by atoms with van der Waals surface area (Å²) in [6, 6.07) is 10.5. The van der Waals surface area contributed by atoms with Crippen LogP contribution in [0.5, 0.6) is 11.6 Å². The monoisotopic (exact) mass is 361 g/mol. The van der Waals surface area contributed by atoms with Crippen molar-refractivity contribution in [2.45, 2.75) is 17.7 Å². The standard InChI is InChI=1S/C17H13Cl2N3O2/c1-10-7-12(24-16-11(9-20)3-2-6-21-16)4-5-14(10)22-15(23)13-8-17(13,18)19/h2-7,13H,8H2,1H3,(H,22,23). The molecule has 5 nitrogen and oxygen atoms in total. The third-order valence-corrected chi connectivity index (χ3v) is 4.54. The van der Waals surface area contributed by atoms with Crippen molar-refractivity contribution in [1.82, 2.24) is 4.98 Å². The molecule has 2 aromatic rings. The van der Waals surface area contributed by atoms with Crippen molar-refractivity contribution in [1.29, 1.82) is 5.26 Å². The molecule has 1 atom stereocenters. The quantitative estimate of drug-likeness (QED) is 0.828. The molecule has 0 radical (unpaired) electrons. The number of carbonyl (C=O) groups excluding carboxylic acids is 1. The lowest BCUT2D eigenvalue weighted by atomic mass is 10.2. The Morgan fingerprint density at radius 3 is 2.83 bits per heavy atom. The number of anilines is 1. The fourth-order valence-corrected chi connectivity index (χ4v) is 2.73. The summed E-state index contributed by atoms with van der Waals surface area (Å²) in [6.45, 7) is 1.84. The molecule has 1 aromatic heterocycles. The van der Waals surface area contributed by atoms with Gasteiger partial charge in [-0.3, -0.25) is 4.79 Å². The molecule has 0 bridgehead atoms. The molecule has 0 saturated heterocycles. The van der Waals surface area contributed by atoms with Crippen molar-refractivity contribution in [3.8, 4) is 17.7 Å². The van der Waals surface area contributed by atoms with Gasteiger partial charge >= 0.3 is 0 Å². The van der Waals surface area contributed by atoms with Gasteiger partial charge in [-0.25, -0.2) is 4.98 Å². The number of ether oxygens (including phenoxy) is 1. The van der Waals surface area contributed by atoms with Crippen LogP contribution in [0, 0.1) is 24.2 Å². The fourth-order valence-electron chi connectivity index (χ4n) is 2.23. The first-order chi connectivity index (χ1) is 11.4. The Hall–Kier alpha value is -2.29. The summed E-state index contributed by atoms with van der Waals surface area (Å²) in [4.78, 5) is 16.1. The number of nitrogens with one attached hydrogen (secondary N) is 1. The Labute approximate surface area is 149 Å². The van der Waals surface area contributed by atoms with Gasteiger partial charge in [-0.05, 0) is 49.2 Å². The van der Waals surface area contributed by atoms with E-state index in [2.05, 4.69) is 10.3 Å². The van der Waals surface area contributed by atoms with Gasteiger partial charge in [-0.1, -0.05) is 0 Å². The van der Waals surface area contributed by atoms with E-state index >= 15 is 0 Å². The Bertz CT molecular complexity index is 846. The van der Waals surface area contributed by atoms with E-state index in [4.69, 9.17) is 33.2 Å². The molecule has 1 aliphatic rings. The second kappa shape index (κ2) is 6.31. The molecule has 1 amide bonds. The number of pyridine rings is 1. The fraction of sp³-hybridized carbons (Fsp3) is 0.235. The van der Waals surface area contributed by atoms with Gasteiger partial charge in [0.25, 0.3) is 0 Å². The van der Waals surface area contributed by atoms with Crippen LogP contribution in [-0.4, -0.2) is 15.2 Å². The molecule has 1 heterocycles. The summed E-state index contributed by atoms with van der Waals surface area (Å²) in [5.41, 5.74) is 1.82. The molecule has 1 saturated carbocycles. The van der Waals surface area contributed by atoms with E-state index in [1.165, 1.54) is 0 Å². The summed E-state index contributed by atoms with van der Waals surface area (Å²) < 4.78 is 4.69. The van der Waals surface area contributed by atoms with E-state index < -0.39 is 4.33 Å². The van der Waals surface area contributed by atoms with Crippen LogP contribution in [0.4, 0.5) is 5.69 Å². The van der Waals surface area contributed by atoms with Crippen LogP contribution in [0.3, 0.4) is 0 Å². The number of hydrogen-bond acceptors (Lipinski definition) is 4. The lowest BCUT2D eigenvalue weighted by Crippen LogP contribution is -2.17. The normalized spacial score (nSPS) is 17.7. The van der Waals surface area contributed by atoms with Crippen LogP contribution < -0.4 is 10.1 Å². The number of aryl methyl sites for hydroxylation is 1. The largest absolute Gasteiger partial charge is 0.438 e. The van der Waals surface area contributed by atoms with Crippen molar-refractivity contribution >= 4 is 34.8 Å². The van der Waals surface area contributed by atoms with Crippen molar-refractivity contribution in [3.05, 3.63) is 47.7 Å². The van der Waals surface area contributed by atoms with E-state index in [9.17, 15) is 4.79 Å². The summed E-state index contributed by atoms with van der Waals surface area (Å²) in [6.07, 6.45) is 2.01. The van der Waals surface area contributed by atoms with E-state index in [1.807, 2.05) is 13.0 Å². The Morgan fingerprint density at radius 2 is 2.21 bits per heavy atom. The molecule has 1 aromatic carbocycles. The Kier molecular flexibility index (Phi) is 4.35. The van der Waals surface area contributed by atoms with Gasteiger partial charge in [0.1, 0.15) is 21.7 Å². The minimum Gasteiger partial charge on any atom is -0.438 e. The maximum Gasteiger partial charge on any atom is 0.237 e. The number of aromatic nitrogens is 1. The highest BCUT2D eigenvalue weighted by Crippen LogP contribution is 2.53. The van der Waals surface area contributed by atoms with Gasteiger partial charge in [0.2, 0.25) is 11.8 Å². The van der Waals surface area contributed by atoms with Crippen LogP contribution in [-0.2, 0) is 4.79 Å². The summed E-state index contributed by atoms with van der Waals surface area (Å²) >= 11 is 11.8. The number of carbonyl (C=O) groups is 1. The maximum atomic E-state index is 12.0. The highest BCUT2D eigenvalue weighted by atomic mass is 35.5. The summed E-state index contributed by atoms with van der Waals surface area (Å²) in [5.74, 6) is 0.176. The minimum absolute atomic E-state index is 0.201. The molecule has 1 N–H and O–H groups in total. The lowest BCUT2D eigenvalue weighted by Gasteiger charge is -2.11. The average molecular weight is 362 g/mol. The number of nitriles is 1. The van der Waals surface area contributed by atoms with Crippen LogP contribution >= 0.6 is 23.2 Å². The van der Waals surface area contributed by atoms with E-state index in [0.29, 0.717) is 23.4 Å². The molecule has 122 valence electrons. The van der Waals surface area contributed by atoms with E-state index in [1.54, 1.807) is 36.5 Å². The zero-order valence-corrected chi connectivity index (χ0v) is 14.2. The first kappa shape index (κ1) is 16.6. The molecule has 7 heteroatoms. The second-order valence-corrected chi connectivity index (χ2v) is 7.10. The van der Waals surface area contributed by atoms with Gasteiger partial charge in [0, 0.05) is 11.9 Å². The third kappa shape index (κ3) is 3.45. The smallest absolute Gasteiger partial charge is 0.237 e. The van der Waals surface area contributed by atoms with E-state index in [-0.39, 0.29) is 17.7 Å². The minimum atomic E-state index is -0.951. The van der Waals surface area contributed by atoms with Crippen LogP contribution in [0.15, 0.2) is 36.5 Å². The van der Waals surface area contributed by atoms with Gasteiger partial charge < -0.3 is 10.1 Å². The van der Waals surface area contributed by atoms with Crippen molar-refractivity contribution in [3.63, 3.8) is 0 Å². The number of amides is 1. The molecule has 0 spiro atoms. The summed E-state index contributed by atoms with van der Waals surface area (Å²) in [5, 5.41) is 11.9. The van der Waals surface area contributed by atoms with Crippen LogP contribution in [0.1, 0.15) is 17.5 Å². The summed E-state index contributed by atoms with van der Waals surface area (Å²) in [7, 11) is 0. The number of alkyl halides is 2. The molecular formula is C17H13Cl2N3O2. The van der Waals surface area contributed by atoms with Gasteiger partial charge in [-0.15, -0.1) is 23.2 Å². The van der Waals surface area contributed by atoms with Crippen LogP contribution in [0.2, 0.25) is 0 Å². The topological polar surface area (TPSA) is 75.0 Å². The van der Waals surface area contributed by atoms with Crippen molar-refractivity contribution < 1.29 is 9.53 Å². The van der Waals surface area contributed by atoms with Gasteiger partial charge in [-0.2, -0.15) is 5.26 Å². The zero-order valence-electron chi connectivity index (χ0n) is 12.7. The van der Waals surface area contributed by atoms with Crippen molar-refractivity contribution in [2.75, 3.05) is 5.32 Å². The number of rotatable bonds is 4. The predicted octanol–water partition coefficient (Wildman–Crippen LogP) is 4.19. The molecule has 3 rings (SSSR count). The number of halogens is 2. The van der Waals surface area contributed by atoms with Gasteiger partial charge in [0.15, 0.2) is 0 Å². The molecular weight excluding hydrogens is 349 g/mol. The highest BCUT2D eigenvalue weighted by Gasteiger charge is 2.56. The van der Waals surface area contributed by atoms with Crippen molar-refractivity contribution in [2.24, 2.45) is 5.92 Å². The lowest BCUT2D eigenvalue weighted by molar-refractivity contribution is -0.117. The second-order valence-electron chi connectivity index (χ2n) is 5.55.